The first-order valence-corrected chi connectivity index (χ1v) is 19.1. The monoisotopic (exact) mass is 629 g/mol. The fourth-order valence-corrected chi connectivity index (χ4v) is 5.40. The second kappa shape index (κ2) is 36.4. The molecule has 0 aliphatic heterocycles. The molecule has 0 fully saturated rings. The second-order valence-electron chi connectivity index (χ2n) is 12.8. The highest BCUT2D eigenvalue weighted by Gasteiger charge is 2.11. The first-order chi connectivity index (χ1) is 22.1. The van der Waals surface area contributed by atoms with Gasteiger partial charge in [-0.3, -0.25) is 9.59 Å². The van der Waals surface area contributed by atoms with Gasteiger partial charge in [0.05, 0.1) is 0 Å². The van der Waals surface area contributed by atoms with Crippen molar-refractivity contribution in [2.75, 3.05) is 0 Å². The zero-order chi connectivity index (χ0) is 32.9. The van der Waals surface area contributed by atoms with Gasteiger partial charge in [0.2, 0.25) is 0 Å². The molecule has 1 N–H and O–H groups in total. The highest BCUT2D eigenvalue weighted by Crippen LogP contribution is 2.15. The summed E-state index contributed by atoms with van der Waals surface area (Å²) >= 11 is 0. The van der Waals surface area contributed by atoms with Gasteiger partial charge in [-0.15, -0.1) is 0 Å². The van der Waals surface area contributed by atoms with E-state index in [1.165, 1.54) is 89.9 Å². The lowest BCUT2D eigenvalue weighted by molar-refractivity contribution is -0.147. The quantitative estimate of drug-likeness (QED) is 0.0437. The summed E-state index contributed by atoms with van der Waals surface area (Å²) < 4.78 is 5.89. The summed E-state index contributed by atoms with van der Waals surface area (Å²) in [6, 6.07) is 0. The molecule has 4 heteroatoms. The Morgan fingerprint density at radius 3 is 1.49 bits per heavy atom. The number of rotatable bonds is 34. The molecule has 260 valence electrons. The molecule has 45 heavy (non-hydrogen) atoms. The Bertz CT molecular complexity index is 763. The van der Waals surface area contributed by atoms with Gasteiger partial charge in [0.15, 0.2) is 0 Å². The topological polar surface area (TPSA) is 63.6 Å². The number of esters is 1. The van der Waals surface area contributed by atoms with Gasteiger partial charge in [-0.2, -0.15) is 0 Å². The van der Waals surface area contributed by atoms with E-state index >= 15 is 0 Å². The van der Waals surface area contributed by atoms with E-state index in [4.69, 9.17) is 9.84 Å². The molecular weight excluding hydrogens is 556 g/mol. The lowest BCUT2D eigenvalue weighted by Gasteiger charge is -2.14. The molecule has 0 saturated heterocycles. The lowest BCUT2D eigenvalue weighted by atomic mass is 10.1. The maximum Gasteiger partial charge on any atom is 0.306 e. The number of carboxylic acids is 1. The molecule has 0 bridgehead atoms. The number of allylic oxidation sites excluding steroid dienone is 7. The minimum absolute atomic E-state index is 0.0634. The minimum Gasteiger partial charge on any atom is -0.481 e. The molecule has 1 unspecified atom stereocenters. The summed E-state index contributed by atoms with van der Waals surface area (Å²) in [6.07, 6.45) is 48.6. The summed E-state index contributed by atoms with van der Waals surface area (Å²) in [5.41, 5.74) is 0. The number of carbonyl (C=O) groups is 2. The van der Waals surface area contributed by atoms with Gasteiger partial charge < -0.3 is 9.84 Å². The number of unbranched alkanes of at least 4 members (excludes halogenated alkanes) is 19. The van der Waals surface area contributed by atoms with E-state index in [0.717, 1.165) is 77.0 Å². The number of ether oxygens (including phenoxy) is 1. The number of aliphatic carboxylic acids is 1. The maximum absolute atomic E-state index is 12.6. The Labute approximate surface area is 279 Å². The van der Waals surface area contributed by atoms with Crippen molar-refractivity contribution in [3.63, 3.8) is 0 Å². The molecule has 0 heterocycles. The Balaban J connectivity index is 4.05. The highest BCUT2D eigenvalue weighted by atomic mass is 16.5. The molecule has 0 radical (unpaired) electrons. The van der Waals surface area contributed by atoms with Crippen LogP contribution in [0.25, 0.3) is 0 Å². The van der Waals surface area contributed by atoms with Crippen LogP contribution in [0.1, 0.15) is 194 Å². The smallest absolute Gasteiger partial charge is 0.306 e. The third kappa shape index (κ3) is 36.2. The van der Waals surface area contributed by atoms with Crippen molar-refractivity contribution in [2.24, 2.45) is 0 Å². The van der Waals surface area contributed by atoms with E-state index in [1.807, 2.05) is 0 Å². The fraction of sp³-hybridized carbons (Fsp3) is 0.756. The Kier molecular flexibility index (Phi) is 34.7. The molecule has 4 nitrogen and oxygen atoms in total. The van der Waals surface area contributed by atoms with Crippen LogP contribution in [0.5, 0.6) is 0 Å². The van der Waals surface area contributed by atoms with Crippen LogP contribution in [-0.2, 0) is 14.3 Å². The van der Waals surface area contributed by atoms with Crippen LogP contribution in [0.3, 0.4) is 0 Å². The van der Waals surface area contributed by atoms with Crippen LogP contribution in [-0.4, -0.2) is 23.1 Å². The standard InChI is InChI=1S/C41H72O4/c1-3-5-7-9-11-13-14-15-16-17-18-19-20-21-22-24-30-34-38-41(44)45-39(35-31-27-23-12-10-8-6-4-2)36-32-28-25-26-29-33-37-40(42)43/h12-14,16-17,23,31,35,39H,3-11,15,18-22,24-30,32-34,36-38H2,1-2H3,(H,42,43)/b14-13-,17-16-,23-12-,35-31-. The Hall–Kier alpha value is -2.10. The Morgan fingerprint density at radius 2 is 0.933 bits per heavy atom. The molecule has 0 aliphatic rings. The van der Waals surface area contributed by atoms with Crippen LogP contribution in [0.4, 0.5) is 0 Å². The van der Waals surface area contributed by atoms with Crippen molar-refractivity contribution in [3.05, 3.63) is 48.6 Å². The molecule has 0 saturated carbocycles. The molecule has 0 spiro atoms. The zero-order valence-corrected chi connectivity index (χ0v) is 29.7. The molecule has 0 aliphatic carbocycles. The molecule has 0 aromatic carbocycles. The molecule has 0 aromatic rings. The molecule has 1 atom stereocenters. The van der Waals surface area contributed by atoms with E-state index in [0.29, 0.717) is 6.42 Å². The van der Waals surface area contributed by atoms with Crippen LogP contribution in [0.2, 0.25) is 0 Å². The van der Waals surface area contributed by atoms with Gasteiger partial charge in [0, 0.05) is 12.8 Å². The number of carbonyl (C=O) groups excluding carboxylic acids is 1. The predicted molar refractivity (Wildman–Crippen MR) is 195 cm³/mol. The highest BCUT2D eigenvalue weighted by molar-refractivity contribution is 5.69. The van der Waals surface area contributed by atoms with Crippen molar-refractivity contribution in [1.82, 2.24) is 0 Å². The average molecular weight is 629 g/mol. The van der Waals surface area contributed by atoms with E-state index in [2.05, 4.69) is 62.5 Å². The van der Waals surface area contributed by atoms with Gasteiger partial charge in [-0.25, -0.2) is 0 Å². The van der Waals surface area contributed by atoms with Crippen molar-refractivity contribution >= 4 is 11.9 Å². The average Bonchev–Trinajstić information content (AvgIpc) is 3.02. The molecular formula is C41H72O4. The van der Waals surface area contributed by atoms with Crippen LogP contribution < -0.4 is 0 Å². The number of hydrogen-bond donors (Lipinski definition) is 1. The fourth-order valence-electron chi connectivity index (χ4n) is 5.40. The third-order valence-electron chi connectivity index (χ3n) is 8.26. The van der Waals surface area contributed by atoms with Crippen LogP contribution in [0, 0.1) is 0 Å². The van der Waals surface area contributed by atoms with Gasteiger partial charge in [-0.1, -0.05) is 146 Å². The van der Waals surface area contributed by atoms with Gasteiger partial charge >= 0.3 is 11.9 Å². The van der Waals surface area contributed by atoms with E-state index in [1.54, 1.807) is 0 Å². The first kappa shape index (κ1) is 42.9. The SMILES string of the molecule is CCCCC/C=C\C/C=C\C(CCCCCCCCC(=O)O)OC(=O)CCCCCCCCC/C=C\C/C=C\CCCCCC. The van der Waals surface area contributed by atoms with Crippen LogP contribution >= 0.6 is 0 Å². The molecule has 0 amide bonds. The first-order valence-electron chi connectivity index (χ1n) is 19.1. The summed E-state index contributed by atoms with van der Waals surface area (Å²) in [5, 5.41) is 8.76. The van der Waals surface area contributed by atoms with Crippen molar-refractivity contribution in [1.29, 1.82) is 0 Å². The lowest BCUT2D eigenvalue weighted by Crippen LogP contribution is -2.16. The van der Waals surface area contributed by atoms with E-state index < -0.39 is 5.97 Å². The third-order valence-corrected chi connectivity index (χ3v) is 8.26. The molecule has 0 rings (SSSR count). The van der Waals surface area contributed by atoms with Gasteiger partial charge in [-0.05, 0) is 83.1 Å². The Morgan fingerprint density at radius 1 is 0.511 bits per heavy atom. The summed E-state index contributed by atoms with van der Waals surface area (Å²) in [6.45, 7) is 4.49. The van der Waals surface area contributed by atoms with E-state index in [-0.39, 0.29) is 18.5 Å². The number of carboxylic acid groups (broad SMARTS) is 1. The number of hydrogen-bond acceptors (Lipinski definition) is 3. The van der Waals surface area contributed by atoms with Crippen LogP contribution in [0.15, 0.2) is 48.6 Å². The van der Waals surface area contributed by atoms with Gasteiger partial charge in [0.25, 0.3) is 0 Å². The second-order valence-corrected chi connectivity index (χ2v) is 12.8. The largest absolute Gasteiger partial charge is 0.481 e. The van der Waals surface area contributed by atoms with Crippen molar-refractivity contribution in [3.8, 4) is 0 Å². The summed E-state index contributed by atoms with van der Waals surface area (Å²) in [5.74, 6) is -0.768. The van der Waals surface area contributed by atoms with E-state index in [9.17, 15) is 9.59 Å². The molecule has 0 aromatic heterocycles. The van der Waals surface area contributed by atoms with Crippen molar-refractivity contribution in [2.45, 2.75) is 200 Å². The van der Waals surface area contributed by atoms with Gasteiger partial charge in [0.1, 0.15) is 6.10 Å². The maximum atomic E-state index is 12.6. The zero-order valence-electron chi connectivity index (χ0n) is 29.7. The summed E-state index contributed by atoms with van der Waals surface area (Å²) in [7, 11) is 0. The predicted octanol–water partition coefficient (Wildman–Crippen LogP) is 13.2. The normalized spacial score (nSPS) is 12.8. The minimum atomic E-state index is -0.705. The van der Waals surface area contributed by atoms with Crippen molar-refractivity contribution < 1.29 is 19.4 Å². The summed E-state index contributed by atoms with van der Waals surface area (Å²) in [4.78, 5) is 23.2.